The van der Waals surface area contributed by atoms with Crippen LogP contribution in [-0.2, 0) is 4.79 Å². The normalized spacial score (nSPS) is 25.9. The summed E-state index contributed by atoms with van der Waals surface area (Å²) in [6.45, 7) is 4.34. The van der Waals surface area contributed by atoms with E-state index in [9.17, 15) is 9.90 Å². The van der Waals surface area contributed by atoms with Crippen molar-refractivity contribution in [3.8, 4) is 0 Å². The number of carboxylic acid groups (broad SMARTS) is 1. The van der Waals surface area contributed by atoms with Crippen LogP contribution in [0, 0.1) is 11.8 Å². The van der Waals surface area contributed by atoms with E-state index in [2.05, 4.69) is 35.1 Å². The molecule has 0 amide bonds. The Labute approximate surface area is 139 Å². The Kier molecular flexibility index (Phi) is 5.20. The lowest BCUT2D eigenvalue weighted by Gasteiger charge is -2.40. The topological polar surface area (TPSA) is 49.3 Å². The Morgan fingerprint density at radius 3 is 2.81 bits per heavy atom. The van der Waals surface area contributed by atoms with Crippen LogP contribution in [0.25, 0.3) is 0 Å². The Balaban J connectivity index is 2.25. The zero-order valence-corrected chi connectivity index (χ0v) is 14.7. The predicted molar refractivity (Wildman–Crippen MR) is 89.9 cm³/mol. The average molecular weight is 375 g/mol. The summed E-state index contributed by atoms with van der Waals surface area (Å²) in [5.41, 5.74) is -0.0847. The number of benzene rings is 1. The molecule has 116 valence electrons. The van der Waals surface area contributed by atoms with E-state index < -0.39 is 11.5 Å². The van der Waals surface area contributed by atoms with Gasteiger partial charge in [0.1, 0.15) is 5.54 Å². The van der Waals surface area contributed by atoms with Gasteiger partial charge in [0, 0.05) is 10.2 Å². The van der Waals surface area contributed by atoms with Crippen molar-refractivity contribution in [3.05, 3.63) is 27.7 Å². The van der Waals surface area contributed by atoms with Crippen LogP contribution in [0.1, 0.15) is 39.5 Å². The van der Waals surface area contributed by atoms with Crippen molar-refractivity contribution in [2.45, 2.75) is 45.1 Å². The highest BCUT2D eigenvalue weighted by molar-refractivity contribution is 9.10. The van der Waals surface area contributed by atoms with Crippen molar-refractivity contribution < 1.29 is 9.90 Å². The highest BCUT2D eigenvalue weighted by Crippen LogP contribution is 2.39. The minimum atomic E-state index is -0.875. The fourth-order valence-corrected chi connectivity index (χ4v) is 3.59. The van der Waals surface area contributed by atoms with Gasteiger partial charge in [-0.25, -0.2) is 4.79 Å². The zero-order valence-electron chi connectivity index (χ0n) is 12.3. The Bertz CT molecular complexity index is 535. The molecule has 3 nitrogen and oxygen atoms in total. The van der Waals surface area contributed by atoms with Gasteiger partial charge in [0.05, 0.1) is 5.02 Å². The second kappa shape index (κ2) is 6.57. The monoisotopic (exact) mass is 373 g/mol. The molecular formula is C16H21BrClNO2. The maximum absolute atomic E-state index is 11.9. The van der Waals surface area contributed by atoms with Crippen LogP contribution >= 0.6 is 27.5 Å². The molecule has 2 N–H and O–H groups in total. The second-order valence-electron chi connectivity index (χ2n) is 6.24. The fourth-order valence-electron chi connectivity index (χ4n) is 3.10. The van der Waals surface area contributed by atoms with Crippen molar-refractivity contribution in [2.24, 2.45) is 11.8 Å². The molecule has 0 radical (unpaired) electrons. The number of rotatable bonds is 4. The predicted octanol–water partition coefficient (Wildman–Crippen LogP) is 5.18. The quantitative estimate of drug-likeness (QED) is 0.763. The van der Waals surface area contributed by atoms with E-state index in [0.717, 1.165) is 23.0 Å². The van der Waals surface area contributed by atoms with Crippen molar-refractivity contribution in [1.82, 2.24) is 0 Å². The van der Waals surface area contributed by atoms with Crippen molar-refractivity contribution >= 4 is 39.2 Å². The SMILES string of the molecule is CC(C)C1CCCC(Nc2ccc(Cl)c(Br)c2)(C(=O)O)C1. The molecule has 2 unspecified atom stereocenters. The van der Waals surface area contributed by atoms with Gasteiger partial charge in [-0.2, -0.15) is 0 Å². The maximum atomic E-state index is 11.9. The number of carboxylic acids is 1. The molecule has 0 saturated heterocycles. The molecule has 2 atom stereocenters. The summed E-state index contributed by atoms with van der Waals surface area (Å²) >= 11 is 9.38. The highest BCUT2D eigenvalue weighted by Gasteiger charge is 2.43. The first kappa shape index (κ1) is 16.6. The number of hydrogen-bond donors (Lipinski definition) is 2. The number of halogens is 2. The van der Waals surface area contributed by atoms with Crippen molar-refractivity contribution in [1.29, 1.82) is 0 Å². The second-order valence-corrected chi connectivity index (χ2v) is 7.50. The minimum absolute atomic E-state index is 0.443. The molecule has 0 aromatic heterocycles. The minimum Gasteiger partial charge on any atom is -0.480 e. The first-order valence-electron chi connectivity index (χ1n) is 7.31. The number of hydrogen-bond acceptors (Lipinski definition) is 2. The fraction of sp³-hybridized carbons (Fsp3) is 0.562. The first-order chi connectivity index (χ1) is 9.84. The maximum Gasteiger partial charge on any atom is 0.329 e. The molecule has 2 rings (SSSR count). The van der Waals surface area contributed by atoms with Gasteiger partial charge >= 0.3 is 5.97 Å². The standard InChI is InChI=1S/C16H21BrClNO2/c1-10(2)11-4-3-7-16(9-11,15(20)21)19-12-5-6-14(18)13(17)8-12/h5-6,8,10-11,19H,3-4,7,9H2,1-2H3,(H,20,21). The molecule has 1 aromatic carbocycles. The van der Waals surface area contributed by atoms with Gasteiger partial charge in [-0.05, 0) is 65.2 Å². The summed E-state index contributed by atoms with van der Waals surface area (Å²) < 4.78 is 0.769. The van der Waals surface area contributed by atoms with E-state index in [1.807, 2.05) is 12.1 Å². The summed E-state index contributed by atoms with van der Waals surface area (Å²) in [5, 5.41) is 13.7. The van der Waals surface area contributed by atoms with Crippen LogP contribution in [0.5, 0.6) is 0 Å². The van der Waals surface area contributed by atoms with Crippen molar-refractivity contribution in [3.63, 3.8) is 0 Å². The molecule has 1 aliphatic carbocycles. The van der Waals surface area contributed by atoms with E-state index in [4.69, 9.17) is 11.6 Å². The lowest BCUT2D eigenvalue weighted by Crippen LogP contribution is -2.50. The van der Waals surface area contributed by atoms with E-state index in [0.29, 0.717) is 29.7 Å². The molecule has 1 fully saturated rings. The third kappa shape index (κ3) is 3.72. The lowest BCUT2D eigenvalue weighted by molar-refractivity contribution is -0.144. The molecule has 0 spiro atoms. The van der Waals surface area contributed by atoms with Crippen LogP contribution in [-0.4, -0.2) is 16.6 Å². The van der Waals surface area contributed by atoms with E-state index in [1.54, 1.807) is 6.07 Å². The van der Waals surface area contributed by atoms with Gasteiger partial charge in [0.25, 0.3) is 0 Å². The Morgan fingerprint density at radius 1 is 1.52 bits per heavy atom. The van der Waals surface area contributed by atoms with E-state index >= 15 is 0 Å². The van der Waals surface area contributed by atoms with Gasteiger partial charge in [-0.3, -0.25) is 0 Å². The van der Waals surface area contributed by atoms with Crippen molar-refractivity contribution in [2.75, 3.05) is 5.32 Å². The molecular weight excluding hydrogens is 354 g/mol. The van der Waals surface area contributed by atoms with Crippen LogP contribution in [0.4, 0.5) is 5.69 Å². The number of nitrogens with one attached hydrogen (secondary N) is 1. The van der Waals surface area contributed by atoms with Crippen LogP contribution in [0.2, 0.25) is 5.02 Å². The molecule has 0 bridgehead atoms. The lowest BCUT2D eigenvalue weighted by atomic mass is 9.71. The third-order valence-corrected chi connectivity index (χ3v) is 5.66. The molecule has 1 saturated carbocycles. The van der Waals surface area contributed by atoms with Gasteiger partial charge in [0.15, 0.2) is 0 Å². The van der Waals surface area contributed by atoms with Gasteiger partial charge in [0.2, 0.25) is 0 Å². The highest BCUT2D eigenvalue weighted by atomic mass is 79.9. The first-order valence-corrected chi connectivity index (χ1v) is 8.48. The van der Waals surface area contributed by atoms with E-state index in [-0.39, 0.29) is 0 Å². The van der Waals surface area contributed by atoms with Gasteiger partial charge < -0.3 is 10.4 Å². The largest absolute Gasteiger partial charge is 0.480 e. The molecule has 21 heavy (non-hydrogen) atoms. The smallest absolute Gasteiger partial charge is 0.329 e. The molecule has 5 heteroatoms. The van der Waals surface area contributed by atoms with Crippen LogP contribution in [0.3, 0.4) is 0 Å². The summed E-state index contributed by atoms with van der Waals surface area (Å²) in [6.07, 6.45) is 3.38. The zero-order chi connectivity index (χ0) is 15.6. The average Bonchev–Trinajstić information content (AvgIpc) is 2.43. The summed E-state index contributed by atoms with van der Waals surface area (Å²) in [7, 11) is 0. The molecule has 1 aromatic rings. The Hall–Kier alpha value is -0.740. The summed E-state index contributed by atoms with van der Waals surface area (Å²) in [5.74, 6) is 0.180. The van der Waals surface area contributed by atoms with Crippen LogP contribution < -0.4 is 5.32 Å². The number of carbonyl (C=O) groups is 1. The van der Waals surface area contributed by atoms with E-state index in [1.165, 1.54) is 0 Å². The molecule has 0 heterocycles. The summed E-state index contributed by atoms with van der Waals surface area (Å²) in [4.78, 5) is 11.9. The third-order valence-electron chi connectivity index (χ3n) is 4.44. The van der Waals surface area contributed by atoms with Crippen LogP contribution in [0.15, 0.2) is 22.7 Å². The number of aliphatic carboxylic acids is 1. The number of anilines is 1. The Morgan fingerprint density at radius 2 is 2.24 bits per heavy atom. The molecule has 0 aliphatic heterocycles. The van der Waals surface area contributed by atoms with Gasteiger partial charge in [-0.15, -0.1) is 0 Å². The van der Waals surface area contributed by atoms with Gasteiger partial charge in [-0.1, -0.05) is 31.9 Å². The summed E-state index contributed by atoms with van der Waals surface area (Å²) in [6, 6.07) is 5.44. The molecule has 1 aliphatic rings.